The number of halogens is 2. The maximum Gasteiger partial charge on any atom is 0.295 e. The van der Waals surface area contributed by atoms with Gasteiger partial charge in [0.2, 0.25) is 5.82 Å². The molecule has 0 atom stereocenters. The van der Waals surface area contributed by atoms with Crippen LogP contribution in [0, 0.1) is 13.8 Å². The molecule has 5 nitrogen and oxygen atoms in total. The molecular weight excluding hydrogens is 508 g/mol. The number of anilines is 1. The predicted octanol–water partition coefficient (Wildman–Crippen LogP) is 6.33. The van der Waals surface area contributed by atoms with Crippen LogP contribution in [-0.2, 0) is 0 Å². The smallest absolute Gasteiger partial charge is 0.295 e. The number of carbonyl (C=O) groups is 1. The molecule has 1 heterocycles. The highest BCUT2D eigenvalue weighted by Gasteiger charge is 2.19. The highest BCUT2D eigenvalue weighted by Crippen LogP contribution is 2.25. The van der Waals surface area contributed by atoms with E-state index in [9.17, 15) is 4.79 Å². The molecule has 0 fully saturated rings. The van der Waals surface area contributed by atoms with E-state index in [2.05, 4.69) is 47.3 Å². The number of aryl methyl sites for hydroxylation is 2. The molecule has 0 unspecified atom stereocenters. The van der Waals surface area contributed by atoms with Gasteiger partial charge in [0, 0.05) is 20.2 Å². The molecule has 4 rings (SSSR count). The molecule has 0 aliphatic heterocycles. The summed E-state index contributed by atoms with van der Waals surface area (Å²) in [4.78, 5) is 17.5. The first kappa shape index (κ1) is 20.5. The fraction of sp³-hybridized carbons (Fsp3) is 0.0870. The molecule has 0 spiro atoms. The molecule has 0 aliphatic carbocycles. The first-order chi connectivity index (χ1) is 14.4. The van der Waals surface area contributed by atoms with Gasteiger partial charge in [-0.1, -0.05) is 56.1 Å². The van der Waals surface area contributed by atoms with Crippen LogP contribution in [0.15, 0.2) is 75.7 Å². The molecule has 1 amide bonds. The van der Waals surface area contributed by atoms with Crippen molar-refractivity contribution in [1.29, 1.82) is 0 Å². The van der Waals surface area contributed by atoms with Crippen molar-refractivity contribution < 1.29 is 4.79 Å². The third-order valence-corrected chi connectivity index (χ3v) is 5.68. The maximum absolute atomic E-state index is 12.9. The Bertz CT molecular complexity index is 1150. The quantitative estimate of drug-likeness (QED) is 0.338. The Morgan fingerprint density at radius 2 is 1.53 bits per heavy atom. The zero-order valence-corrected chi connectivity index (χ0v) is 19.5. The molecule has 0 saturated carbocycles. The minimum Gasteiger partial charge on any atom is -0.319 e. The Morgan fingerprint density at radius 3 is 2.20 bits per heavy atom. The van der Waals surface area contributed by atoms with E-state index < -0.39 is 0 Å². The average molecular weight is 526 g/mol. The first-order valence-corrected chi connectivity index (χ1v) is 10.9. The minimum atomic E-state index is -0.349. The molecule has 3 aromatic carbocycles. The molecule has 30 heavy (non-hydrogen) atoms. The van der Waals surface area contributed by atoms with Gasteiger partial charge in [-0.3, -0.25) is 4.79 Å². The number of nitrogens with one attached hydrogen (secondary N) is 1. The number of hydrogen-bond acceptors (Lipinski definition) is 3. The maximum atomic E-state index is 12.9. The standard InChI is InChI=1S/C23H18Br2N4O/c1-14-3-4-15(2)20(13-14)26-23(30)21-27-22(16-5-7-17(24)8-6-16)29(28-21)19-11-9-18(25)10-12-19/h3-13H,1-2H3,(H,26,30). The third-order valence-electron chi connectivity index (χ3n) is 4.63. The number of carbonyl (C=O) groups excluding carboxylic acids is 1. The Kier molecular flexibility index (Phi) is 5.83. The van der Waals surface area contributed by atoms with Gasteiger partial charge < -0.3 is 5.32 Å². The molecule has 7 heteroatoms. The van der Waals surface area contributed by atoms with Crippen molar-refractivity contribution in [2.75, 3.05) is 5.32 Å². The minimum absolute atomic E-state index is 0.108. The molecule has 1 aromatic heterocycles. The molecule has 4 aromatic rings. The van der Waals surface area contributed by atoms with Crippen molar-refractivity contribution >= 4 is 43.5 Å². The molecule has 150 valence electrons. The zero-order valence-electron chi connectivity index (χ0n) is 16.4. The third kappa shape index (κ3) is 4.37. The largest absolute Gasteiger partial charge is 0.319 e. The fourth-order valence-corrected chi connectivity index (χ4v) is 3.53. The van der Waals surface area contributed by atoms with Gasteiger partial charge in [0.25, 0.3) is 5.91 Å². The van der Waals surface area contributed by atoms with Crippen LogP contribution >= 0.6 is 31.9 Å². The second-order valence-corrected chi connectivity index (χ2v) is 8.76. The van der Waals surface area contributed by atoms with Gasteiger partial charge in [0.05, 0.1) is 5.69 Å². The van der Waals surface area contributed by atoms with Crippen LogP contribution in [0.4, 0.5) is 5.69 Å². The van der Waals surface area contributed by atoms with E-state index in [1.54, 1.807) is 4.68 Å². The van der Waals surface area contributed by atoms with Crippen LogP contribution < -0.4 is 5.32 Å². The van der Waals surface area contributed by atoms with Gasteiger partial charge in [0.1, 0.15) is 0 Å². The number of benzene rings is 3. The molecule has 0 radical (unpaired) electrons. The second-order valence-electron chi connectivity index (χ2n) is 6.93. The van der Waals surface area contributed by atoms with E-state index in [1.807, 2.05) is 80.6 Å². The van der Waals surface area contributed by atoms with Crippen molar-refractivity contribution in [3.8, 4) is 17.1 Å². The van der Waals surface area contributed by atoms with Crippen molar-refractivity contribution in [2.24, 2.45) is 0 Å². The van der Waals surface area contributed by atoms with Gasteiger partial charge in [-0.25, -0.2) is 9.67 Å². The van der Waals surface area contributed by atoms with Crippen LogP contribution in [0.3, 0.4) is 0 Å². The number of hydrogen-bond donors (Lipinski definition) is 1. The monoisotopic (exact) mass is 524 g/mol. The summed E-state index contributed by atoms with van der Waals surface area (Å²) in [5, 5.41) is 7.46. The van der Waals surface area contributed by atoms with Crippen molar-refractivity contribution in [2.45, 2.75) is 13.8 Å². The summed E-state index contributed by atoms with van der Waals surface area (Å²) in [7, 11) is 0. The van der Waals surface area contributed by atoms with E-state index in [4.69, 9.17) is 0 Å². The van der Waals surface area contributed by atoms with E-state index in [0.29, 0.717) is 5.82 Å². The Labute approximate surface area is 191 Å². The van der Waals surface area contributed by atoms with E-state index >= 15 is 0 Å². The molecule has 0 bridgehead atoms. The normalized spacial score (nSPS) is 10.8. The fourth-order valence-electron chi connectivity index (χ4n) is 3.01. The lowest BCUT2D eigenvalue weighted by Crippen LogP contribution is -2.15. The Hall–Kier alpha value is -2.77. The molecule has 1 N–H and O–H groups in total. The lowest BCUT2D eigenvalue weighted by molar-refractivity contribution is 0.101. The van der Waals surface area contributed by atoms with E-state index in [1.165, 1.54) is 0 Å². The van der Waals surface area contributed by atoms with Gasteiger partial charge >= 0.3 is 0 Å². The first-order valence-electron chi connectivity index (χ1n) is 9.28. The molecule has 0 aliphatic rings. The summed E-state index contributed by atoms with van der Waals surface area (Å²) in [5.41, 5.74) is 4.48. The highest BCUT2D eigenvalue weighted by molar-refractivity contribution is 9.10. The van der Waals surface area contributed by atoms with E-state index in [0.717, 1.165) is 37.0 Å². The SMILES string of the molecule is Cc1ccc(C)c(NC(=O)c2nc(-c3ccc(Br)cc3)n(-c3ccc(Br)cc3)n2)c1. The Balaban J connectivity index is 1.76. The number of amides is 1. The average Bonchev–Trinajstić information content (AvgIpc) is 3.17. The summed E-state index contributed by atoms with van der Waals surface area (Å²) >= 11 is 6.91. The summed E-state index contributed by atoms with van der Waals surface area (Å²) in [6, 6.07) is 21.4. The van der Waals surface area contributed by atoms with Crippen LogP contribution in [-0.4, -0.2) is 20.7 Å². The molecule has 0 saturated heterocycles. The molecular formula is C23H18Br2N4O. The van der Waals surface area contributed by atoms with Crippen molar-refractivity contribution in [1.82, 2.24) is 14.8 Å². The number of rotatable bonds is 4. The van der Waals surface area contributed by atoms with Gasteiger partial charge in [-0.05, 0) is 67.4 Å². The van der Waals surface area contributed by atoms with Crippen molar-refractivity contribution in [3.63, 3.8) is 0 Å². The second kappa shape index (κ2) is 8.53. The van der Waals surface area contributed by atoms with Crippen LogP contribution in [0.25, 0.3) is 17.1 Å². The lowest BCUT2D eigenvalue weighted by Gasteiger charge is -2.07. The zero-order chi connectivity index (χ0) is 21.3. The van der Waals surface area contributed by atoms with Gasteiger partial charge in [0.15, 0.2) is 5.82 Å². The Morgan fingerprint density at radius 1 is 0.900 bits per heavy atom. The summed E-state index contributed by atoms with van der Waals surface area (Å²) < 4.78 is 3.62. The topological polar surface area (TPSA) is 59.8 Å². The van der Waals surface area contributed by atoms with Gasteiger partial charge in [-0.2, -0.15) is 0 Å². The summed E-state index contributed by atoms with van der Waals surface area (Å²) in [6.07, 6.45) is 0. The van der Waals surface area contributed by atoms with Crippen molar-refractivity contribution in [3.05, 3.63) is 92.6 Å². The lowest BCUT2D eigenvalue weighted by atomic mass is 10.1. The number of nitrogens with zero attached hydrogens (tertiary/aromatic N) is 3. The van der Waals surface area contributed by atoms with Crippen LogP contribution in [0.1, 0.15) is 21.7 Å². The van der Waals surface area contributed by atoms with Crippen LogP contribution in [0.5, 0.6) is 0 Å². The van der Waals surface area contributed by atoms with Crippen LogP contribution in [0.2, 0.25) is 0 Å². The summed E-state index contributed by atoms with van der Waals surface area (Å²) in [5.74, 6) is 0.352. The predicted molar refractivity (Wildman–Crippen MR) is 126 cm³/mol. The highest BCUT2D eigenvalue weighted by atomic mass is 79.9. The number of aromatic nitrogens is 3. The van der Waals surface area contributed by atoms with Gasteiger partial charge in [-0.15, -0.1) is 5.10 Å². The summed E-state index contributed by atoms with van der Waals surface area (Å²) in [6.45, 7) is 3.94. The van der Waals surface area contributed by atoms with E-state index in [-0.39, 0.29) is 11.7 Å².